The summed E-state index contributed by atoms with van der Waals surface area (Å²) in [6.45, 7) is 1.92. The molecule has 1 aromatic carbocycles. The molecule has 2 aromatic rings. The standard InChI is InChI=1S/C14H15N3O3S/c18-11-2-1-8(5-12(11)19)6-17-4-3-10-9(7-17)13(20)16-14(21)15-10/h1-2,5,18-19H,3-4,6-7H2,(H2,15,16,20,21). The Bertz CT molecular complexity index is 797. The van der Waals surface area contributed by atoms with E-state index in [0.29, 0.717) is 23.4 Å². The number of nitrogens with one attached hydrogen (secondary N) is 2. The van der Waals surface area contributed by atoms with Crippen molar-refractivity contribution in [1.82, 2.24) is 14.9 Å². The van der Waals surface area contributed by atoms with E-state index in [2.05, 4.69) is 14.9 Å². The summed E-state index contributed by atoms with van der Waals surface area (Å²) < 4.78 is 0.357. The first-order valence-corrected chi connectivity index (χ1v) is 7.01. The highest BCUT2D eigenvalue weighted by molar-refractivity contribution is 7.71. The normalized spacial score (nSPS) is 14.9. The number of aromatic nitrogens is 2. The first-order chi connectivity index (χ1) is 10.0. The molecular weight excluding hydrogens is 290 g/mol. The number of aromatic amines is 2. The molecule has 0 amide bonds. The zero-order valence-electron chi connectivity index (χ0n) is 11.2. The number of phenols is 2. The van der Waals surface area contributed by atoms with Crippen LogP contribution < -0.4 is 5.56 Å². The summed E-state index contributed by atoms with van der Waals surface area (Å²) in [5, 5.41) is 18.8. The van der Waals surface area contributed by atoms with E-state index in [4.69, 9.17) is 12.2 Å². The average Bonchev–Trinajstić information content (AvgIpc) is 2.43. The predicted octanol–water partition coefficient (Wildman–Crippen LogP) is 1.40. The summed E-state index contributed by atoms with van der Waals surface area (Å²) in [5.74, 6) is -0.265. The SMILES string of the molecule is O=c1[nH]c(=S)[nH]c2c1CN(Cc1ccc(O)c(O)c1)CC2. The van der Waals surface area contributed by atoms with E-state index < -0.39 is 0 Å². The van der Waals surface area contributed by atoms with E-state index in [9.17, 15) is 15.0 Å². The van der Waals surface area contributed by atoms with E-state index in [1.165, 1.54) is 12.1 Å². The number of fused-ring (bicyclic) bond motifs is 1. The molecule has 0 radical (unpaired) electrons. The lowest BCUT2D eigenvalue weighted by molar-refractivity contribution is 0.241. The lowest BCUT2D eigenvalue weighted by Crippen LogP contribution is -2.35. The van der Waals surface area contributed by atoms with Crippen molar-refractivity contribution < 1.29 is 10.2 Å². The molecule has 6 nitrogen and oxygen atoms in total. The molecular formula is C14H15N3O3S. The summed E-state index contributed by atoms with van der Waals surface area (Å²) >= 11 is 4.97. The van der Waals surface area contributed by atoms with E-state index in [1.807, 2.05) is 0 Å². The van der Waals surface area contributed by atoms with E-state index in [0.717, 1.165) is 24.2 Å². The first kappa shape index (κ1) is 13.8. The predicted molar refractivity (Wildman–Crippen MR) is 79.8 cm³/mol. The molecule has 4 N–H and O–H groups in total. The molecule has 110 valence electrons. The minimum absolute atomic E-state index is 0.133. The fourth-order valence-electron chi connectivity index (χ4n) is 2.57. The number of benzene rings is 1. The van der Waals surface area contributed by atoms with Gasteiger partial charge in [0, 0.05) is 31.7 Å². The fraction of sp³-hybridized carbons (Fsp3) is 0.286. The maximum Gasteiger partial charge on any atom is 0.256 e. The molecule has 0 fully saturated rings. The highest BCUT2D eigenvalue weighted by Gasteiger charge is 2.19. The monoisotopic (exact) mass is 305 g/mol. The Labute approximate surface area is 125 Å². The number of H-pyrrole nitrogens is 2. The molecule has 0 saturated heterocycles. The van der Waals surface area contributed by atoms with Gasteiger partial charge in [-0.1, -0.05) is 6.07 Å². The van der Waals surface area contributed by atoms with Crippen LogP contribution in [-0.4, -0.2) is 31.6 Å². The van der Waals surface area contributed by atoms with Crippen LogP contribution in [0.25, 0.3) is 0 Å². The van der Waals surface area contributed by atoms with Crippen molar-refractivity contribution in [3.05, 3.63) is 50.1 Å². The second-order valence-corrected chi connectivity index (χ2v) is 5.56. The van der Waals surface area contributed by atoms with Gasteiger partial charge in [-0.05, 0) is 29.9 Å². The van der Waals surface area contributed by atoms with Gasteiger partial charge in [-0.15, -0.1) is 0 Å². The third-order valence-electron chi connectivity index (χ3n) is 3.64. The van der Waals surface area contributed by atoms with Crippen molar-refractivity contribution in [1.29, 1.82) is 0 Å². The number of rotatable bonds is 2. The Morgan fingerprint density at radius 3 is 2.81 bits per heavy atom. The zero-order valence-corrected chi connectivity index (χ0v) is 12.0. The van der Waals surface area contributed by atoms with Crippen LogP contribution in [0.2, 0.25) is 0 Å². The van der Waals surface area contributed by atoms with Crippen LogP contribution in [-0.2, 0) is 19.5 Å². The highest BCUT2D eigenvalue weighted by Crippen LogP contribution is 2.26. The van der Waals surface area contributed by atoms with Gasteiger partial charge in [-0.3, -0.25) is 14.7 Å². The summed E-state index contributed by atoms with van der Waals surface area (Å²) in [7, 11) is 0. The van der Waals surface area contributed by atoms with E-state index >= 15 is 0 Å². The molecule has 1 aliphatic rings. The number of aromatic hydroxyl groups is 2. The van der Waals surface area contributed by atoms with Crippen molar-refractivity contribution in [3.8, 4) is 11.5 Å². The van der Waals surface area contributed by atoms with Crippen LogP contribution in [0, 0.1) is 4.77 Å². The molecule has 21 heavy (non-hydrogen) atoms. The van der Waals surface area contributed by atoms with Gasteiger partial charge >= 0.3 is 0 Å². The van der Waals surface area contributed by atoms with Gasteiger partial charge in [0.2, 0.25) is 0 Å². The van der Waals surface area contributed by atoms with Gasteiger partial charge in [0.15, 0.2) is 16.3 Å². The summed E-state index contributed by atoms with van der Waals surface area (Å²) in [6.07, 6.45) is 0.729. The smallest absolute Gasteiger partial charge is 0.256 e. The maximum absolute atomic E-state index is 11.9. The van der Waals surface area contributed by atoms with Crippen molar-refractivity contribution in [2.75, 3.05) is 6.54 Å². The van der Waals surface area contributed by atoms with Gasteiger partial charge in [0.1, 0.15) is 0 Å². The van der Waals surface area contributed by atoms with Crippen molar-refractivity contribution in [2.24, 2.45) is 0 Å². The van der Waals surface area contributed by atoms with Crippen LogP contribution >= 0.6 is 12.2 Å². The van der Waals surface area contributed by atoms with Gasteiger partial charge in [-0.25, -0.2) is 0 Å². The third kappa shape index (κ3) is 2.84. The minimum atomic E-state index is -0.146. The van der Waals surface area contributed by atoms with E-state index in [-0.39, 0.29) is 17.1 Å². The minimum Gasteiger partial charge on any atom is -0.504 e. The summed E-state index contributed by atoms with van der Waals surface area (Å²) in [5.41, 5.74) is 2.34. The second-order valence-electron chi connectivity index (χ2n) is 5.15. The number of phenolic OH excluding ortho intramolecular Hbond substituents is 2. The average molecular weight is 305 g/mol. The van der Waals surface area contributed by atoms with Crippen LogP contribution in [0.3, 0.4) is 0 Å². The van der Waals surface area contributed by atoms with Crippen LogP contribution in [0.1, 0.15) is 16.8 Å². The largest absolute Gasteiger partial charge is 0.504 e. The van der Waals surface area contributed by atoms with E-state index in [1.54, 1.807) is 6.07 Å². The molecule has 1 aromatic heterocycles. The van der Waals surface area contributed by atoms with Crippen molar-refractivity contribution in [3.63, 3.8) is 0 Å². The Balaban J connectivity index is 1.81. The molecule has 2 heterocycles. The molecule has 0 saturated carbocycles. The molecule has 0 atom stereocenters. The maximum atomic E-state index is 11.9. The zero-order chi connectivity index (χ0) is 15.0. The molecule has 3 rings (SSSR count). The molecule has 1 aliphatic heterocycles. The van der Waals surface area contributed by atoms with Gasteiger partial charge in [0.05, 0.1) is 5.56 Å². The van der Waals surface area contributed by atoms with Gasteiger partial charge < -0.3 is 15.2 Å². The second kappa shape index (κ2) is 5.34. The highest BCUT2D eigenvalue weighted by atomic mass is 32.1. The number of nitrogens with zero attached hydrogens (tertiary/aromatic N) is 1. The van der Waals surface area contributed by atoms with Crippen LogP contribution in [0.15, 0.2) is 23.0 Å². The summed E-state index contributed by atoms with van der Waals surface area (Å²) in [4.78, 5) is 19.7. The lowest BCUT2D eigenvalue weighted by atomic mass is 10.1. The van der Waals surface area contributed by atoms with Crippen molar-refractivity contribution >= 4 is 12.2 Å². The molecule has 0 spiro atoms. The Hall–Kier alpha value is -2.12. The topological polar surface area (TPSA) is 92.4 Å². The number of hydrogen-bond acceptors (Lipinski definition) is 5. The Morgan fingerprint density at radius 2 is 2.05 bits per heavy atom. The van der Waals surface area contributed by atoms with Crippen molar-refractivity contribution in [2.45, 2.75) is 19.5 Å². The van der Waals surface area contributed by atoms with Crippen LogP contribution in [0.5, 0.6) is 11.5 Å². The summed E-state index contributed by atoms with van der Waals surface area (Å²) in [6, 6.07) is 4.76. The lowest BCUT2D eigenvalue weighted by Gasteiger charge is -2.27. The molecule has 0 bridgehead atoms. The molecule has 0 aliphatic carbocycles. The Morgan fingerprint density at radius 1 is 1.24 bits per heavy atom. The Kier molecular flexibility index (Phi) is 3.52. The van der Waals surface area contributed by atoms with Crippen LogP contribution in [0.4, 0.5) is 0 Å². The third-order valence-corrected chi connectivity index (χ3v) is 3.84. The fourth-order valence-corrected chi connectivity index (χ4v) is 2.79. The molecule has 0 unspecified atom stereocenters. The molecule has 7 heteroatoms. The number of hydrogen-bond donors (Lipinski definition) is 4. The first-order valence-electron chi connectivity index (χ1n) is 6.60. The van der Waals surface area contributed by atoms with Gasteiger partial charge in [0.25, 0.3) is 5.56 Å². The van der Waals surface area contributed by atoms with Gasteiger partial charge in [-0.2, -0.15) is 0 Å². The quantitative estimate of drug-likeness (QED) is 0.497.